The van der Waals surface area contributed by atoms with E-state index in [1.54, 1.807) is 6.07 Å². The summed E-state index contributed by atoms with van der Waals surface area (Å²) in [6.45, 7) is 10.9. The van der Waals surface area contributed by atoms with Crippen molar-refractivity contribution in [1.29, 1.82) is 0 Å². The Morgan fingerprint density at radius 3 is 2.45 bits per heavy atom. The first-order valence-electron chi connectivity index (χ1n) is 14.8. The Balaban J connectivity index is 1.55. The van der Waals surface area contributed by atoms with Gasteiger partial charge in [-0.2, -0.15) is 0 Å². The summed E-state index contributed by atoms with van der Waals surface area (Å²) in [6.07, 6.45) is 8.50. The van der Waals surface area contributed by atoms with Gasteiger partial charge in [0.25, 0.3) is 0 Å². The number of amidine groups is 1. The van der Waals surface area contributed by atoms with Gasteiger partial charge in [0.05, 0.1) is 0 Å². The van der Waals surface area contributed by atoms with Crippen LogP contribution in [0.25, 0.3) is 21.9 Å². The normalized spacial score (nSPS) is 17.0. The maximum absolute atomic E-state index is 16.6. The molecule has 0 radical (unpaired) electrons. The third-order valence-electron chi connectivity index (χ3n) is 9.12. The van der Waals surface area contributed by atoms with Gasteiger partial charge in [0.1, 0.15) is 17.3 Å². The van der Waals surface area contributed by atoms with Gasteiger partial charge in [-0.25, -0.2) is 8.78 Å². The van der Waals surface area contributed by atoms with Crippen LogP contribution in [0.2, 0.25) is 0 Å². The van der Waals surface area contributed by atoms with E-state index in [1.807, 2.05) is 57.1 Å². The molecule has 0 saturated carbocycles. The standard InChI is InChI=1S/C34H42F2N4/c1-6-23-22-27(33(39(4)5)38-19-9-16-34-17-10-20-40(34)21-11-18-34)32(37-3)31(36)30(23)26-13-8-12-24-14-15-28(35)25(7-2)29(24)26/h8,12-15,22H,3,6-7,9-11,16-21H2,1-2,4-5H3/b38-33+. The molecule has 0 unspecified atom stereocenters. The highest BCUT2D eigenvalue weighted by atomic mass is 19.1. The zero-order valence-electron chi connectivity index (χ0n) is 24.5. The van der Waals surface area contributed by atoms with Gasteiger partial charge in [0.2, 0.25) is 0 Å². The van der Waals surface area contributed by atoms with Crippen molar-refractivity contribution in [3.63, 3.8) is 0 Å². The van der Waals surface area contributed by atoms with Gasteiger partial charge in [-0.05, 0) is 111 Å². The van der Waals surface area contributed by atoms with Gasteiger partial charge in [-0.15, -0.1) is 0 Å². The first kappa shape index (κ1) is 28.4. The van der Waals surface area contributed by atoms with E-state index in [4.69, 9.17) is 4.99 Å². The fourth-order valence-corrected chi connectivity index (χ4v) is 7.26. The molecule has 5 rings (SSSR count). The third-order valence-corrected chi connectivity index (χ3v) is 9.12. The molecule has 0 atom stereocenters. The minimum Gasteiger partial charge on any atom is -0.362 e. The molecule has 3 aromatic rings. The van der Waals surface area contributed by atoms with E-state index in [0.29, 0.717) is 53.0 Å². The largest absolute Gasteiger partial charge is 0.362 e. The first-order chi connectivity index (χ1) is 19.3. The summed E-state index contributed by atoms with van der Waals surface area (Å²) in [5.74, 6) is 0.0246. The fraction of sp³-hybridized carbons (Fsp3) is 0.471. The zero-order valence-corrected chi connectivity index (χ0v) is 24.5. The van der Waals surface area contributed by atoms with Crippen LogP contribution < -0.4 is 0 Å². The second-order valence-electron chi connectivity index (χ2n) is 11.5. The molecule has 0 spiro atoms. The van der Waals surface area contributed by atoms with Crippen molar-refractivity contribution in [2.75, 3.05) is 33.7 Å². The monoisotopic (exact) mass is 544 g/mol. The summed E-state index contributed by atoms with van der Waals surface area (Å²) in [7, 11) is 3.89. The lowest BCUT2D eigenvalue weighted by Gasteiger charge is -2.32. The minimum atomic E-state index is -0.427. The van der Waals surface area contributed by atoms with Crippen LogP contribution >= 0.6 is 0 Å². The minimum absolute atomic E-state index is 0.197. The number of hydrogen-bond donors (Lipinski definition) is 0. The lowest BCUT2D eigenvalue weighted by molar-refractivity contribution is 0.180. The van der Waals surface area contributed by atoms with Gasteiger partial charge < -0.3 is 4.90 Å². The molecule has 2 aliphatic rings. The smallest absolute Gasteiger partial charge is 0.157 e. The highest BCUT2D eigenvalue weighted by molar-refractivity contribution is 6.06. The van der Waals surface area contributed by atoms with E-state index in [0.717, 1.165) is 29.2 Å². The summed E-state index contributed by atoms with van der Waals surface area (Å²) in [5.41, 5.74) is 3.84. The lowest BCUT2D eigenvalue weighted by Crippen LogP contribution is -2.38. The van der Waals surface area contributed by atoms with Crippen molar-refractivity contribution < 1.29 is 8.78 Å². The number of rotatable bonds is 9. The van der Waals surface area contributed by atoms with E-state index in [9.17, 15) is 4.39 Å². The Morgan fingerprint density at radius 1 is 1.05 bits per heavy atom. The molecular formula is C34H42F2N4. The molecule has 0 aromatic heterocycles. The topological polar surface area (TPSA) is 31.2 Å². The van der Waals surface area contributed by atoms with Crippen LogP contribution in [0.4, 0.5) is 14.5 Å². The number of aryl methyl sites for hydroxylation is 2. The molecule has 2 heterocycles. The molecule has 2 fully saturated rings. The predicted molar refractivity (Wildman–Crippen MR) is 164 cm³/mol. The first-order valence-corrected chi connectivity index (χ1v) is 14.8. The highest BCUT2D eigenvalue weighted by Crippen LogP contribution is 2.43. The maximum atomic E-state index is 16.6. The van der Waals surface area contributed by atoms with Crippen molar-refractivity contribution in [1.82, 2.24) is 9.80 Å². The Labute approximate surface area is 237 Å². The molecule has 0 N–H and O–H groups in total. The van der Waals surface area contributed by atoms with Crippen LogP contribution in [0.1, 0.15) is 69.1 Å². The second kappa shape index (κ2) is 11.8. The molecule has 0 bridgehead atoms. The number of nitrogens with zero attached hydrogens (tertiary/aromatic N) is 4. The lowest BCUT2D eigenvalue weighted by atomic mass is 9.88. The van der Waals surface area contributed by atoms with E-state index >= 15 is 4.39 Å². The number of aliphatic imine (C=N–C) groups is 2. The van der Waals surface area contributed by atoms with Crippen LogP contribution in [0.3, 0.4) is 0 Å². The Kier molecular flexibility index (Phi) is 8.37. The number of hydrogen-bond acceptors (Lipinski definition) is 3. The molecule has 6 heteroatoms. The van der Waals surface area contributed by atoms with Crippen LogP contribution in [-0.4, -0.2) is 61.6 Å². The summed E-state index contributed by atoms with van der Waals surface area (Å²) in [4.78, 5) is 13.8. The molecule has 40 heavy (non-hydrogen) atoms. The van der Waals surface area contributed by atoms with Crippen LogP contribution in [0, 0.1) is 11.6 Å². The number of halogens is 2. The number of benzene rings is 3. The number of fused-ring (bicyclic) bond motifs is 2. The maximum Gasteiger partial charge on any atom is 0.157 e. The molecule has 3 aromatic carbocycles. The molecule has 0 aliphatic carbocycles. The van der Waals surface area contributed by atoms with Gasteiger partial charge in [-0.1, -0.05) is 38.1 Å². The summed E-state index contributed by atoms with van der Waals surface area (Å²) >= 11 is 0. The molecule has 212 valence electrons. The zero-order chi connectivity index (χ0) is 28.4. The Bertz CT molecular complexity index is 1430. The fourth-order valence-electron chi connectivity index (χ4n) is 7.26. The van der Waals surface area contributed by atoms with Crippen molar-refractivity contribution in [3.05, 3.63) is 64.7 Å². The van der Waals surface area contributed by atoms with E-state index < -0.39 is 5.82 Å². The van der Waals surface area contributed by atoms with Crippen LogP contribution in [-0.2, 0) is 12.8 Å². The van der Waals surface area contributed by atoms with Gasteiger partial charge >= 0.3 is 0 Å². The average Bonchev–Trinajstić information content (AvgIpc) is 3.52. The van der Waals surface area contributed by atoms with Crippen molar-refractivity contribution in [2.45, 2.75) is 70.8 Å². The van der Waals surface area contributed by atoms with Gasteiger partial charge in [0, 0.05) is 37.3 Å². The quantitative estimate of drug-likeness (QED) is 0.155. The molecule has 2 saturated heterocycles. The summed E-state index contributed by atoms with van der Waals surface area (Å²) in [6, 6.07) is 11.0. The van der Waals surface area contributed by atoms with E-state index in [-0.39, 0.29) is 11.5 Å². The van der Waals surface area contributed by atoms with Gasteiger partial charge in [-0.3, -0.25) is 14.9 Å². The van der Waals surface area contributed by atoms with E-state index in [1.165, 1.54) is 44.8 Å². The van der Waals surface area contributed by atoms with Crippen LogP contribution in [0.5, 0.6) is 0 Å². The highest BCUT2D eigenvalue weighted by Gasteiger charge is 2.43. The van der Waals surface area contributed by atoms with Crippen molar-refractivity contribution >= 4 is 29.0 Å². The van der Waals surface area contributed by atoms with Crippen molar-refractivity contribution in [2.24, 2.45) is 9.98 Å². The third kappa shape index (κ3) is 4.96. The Hall–Kier alpha value is -3.12. The van der Waals surface area contributed by atoms with Crippen LogP contribution in [0.15, 0.2) is 46.4 Å². The SMILES string of the molecule is C=Nc1c(/C(=N\CCCC23CCCN2CCC3)N(C)C)cc(CC)c(-c2cccc3ccc(F)c(CC)c23)c1F. The summed E-state index contributed by atoms with van der Waals surface area (Å²) < 4.78 is 31.5. The van der Waals surface area contributed by atoms with E-state index in [2.05, 4.69) is 16.6 Å². The molecular weight excluding hydrogens is 502 g/mol. The predicted octanol–water partition coefficient (Wildman–Crippen LogP) is 7.96. The Morgan fingerprint density at radius 2 is 1.80 bits per heavy atom. The summed E-state index contributed by atoms with van der Waals surface area (Å²) in [5, 5.41) is 1.66. The molecule has 0 amide bonds. The van der Waals surface area contributed by atoms with Crippen molar-refractivity contribution in [3.8, 4) is 11.1 Å². The average molecular weight is 545 g/mol. The van der Waals surface area contributed by atoms with Gasteiger partial charge in [0.15, 0.2) is 5.82 Å². The second-order valence-corrected chi connectivity index (χ2v) is 11.5. The molecule has 2 aliphatic heterocycles. The molecule has 4 nitrogen and oxygen atoms in total.